The van der Waals surface area contributed by atoms with Gasteiger partial charge in [-0.2, -0.15) is 9.78 Å². The van der Waals surface area contributed by atoms with E-state index in [-0.39, 0.29) is 18.3 Å². The second-order valence-corrected chi connectivity index (χ2v) is 9.64. The minimum Gasteiger partial charge on any atom is -0.480 e. The molecule has 3 aromatic rings. The topological polar surface area (TPSA) is 82.8 Å². The Kier molecular flexibility index (Phi) is 8.67. The van der Waals surface area contributed by atoms with Crippen LogP contribution >= 0.6 is 43.5 Å². The molecule has 3 rings (SSSR count). The van der Waals surface area contributed by atoms with Gasteiger partial charge >= 0.3 is 5.97 Å². The average molecular weight is 600 g/mol. The highest BCUT2D eigenvalue weighted by atomic mass is 79.9. The van der Waals surface area contributed by atoms with Crippen molar-refractivity contribution in [3.8, 4) is 5.75 Å². The van der Waals surface area contributed by atoms with Crippen molar-refractivity contribution >= 4 is 66.5 Å². The van der Waals surface area contributed by atoms with Crippen molar-refractivity contribution in [1.82, 2.24) is 9.66 Å². The molecule has 0 spiro atoms. The van der Waals surface area contributed by atoms with Crippen molar-refractivity contribution in [2.75, 3.05) is 6.61 Å². The van der Waals surface area contributed by atoms with Crippen LogP contribution in [0.4, 0.5) is 0 Å². The zero-order valence-electron chi connectivity index (χ0n) is 18.3. The second kappa shape index (κ2) is 11.3. The summed E-state index contributed by atoms with van der Waals surface area (Å²) < 4.78 is 13.4. The molecule has 0 fully saturated rings. The summed E-state index contributed by atoms with van der Waals surface area (Å²) in [6.45, 7) is 5.24. The number of rotatable bonds is 8. The van der Waals surface area contributed by atoms with Crippen molar-refractivity contribution in [3.05, 3.63) is 66.0 Å². The van der Waals surface area contributed by atoms with E-state index in [1.54, 1.807) is 38.1 Å². The number of carbonyl (C=O) groups excluding carboxylic acids is 1. The number of fused-ring (bicyclic) bond motifs is 1. The highest BCUT2D eigenvalue weighted by Gasteiger charge is 2.15. The second-order valence-electron chi connectivity index (χ2n) is 7.43. The summed E-state index contributed by atoms with van der Waals surface area (Å²) in [5.41, 5.74) is 0.803. The maximum atomic E-state index is 13.2. The van der Waals surface area contributed by atoms with E-state index in [2.05, 4.69) is 41.9 Å². The monoisotopic (exact) mass is 597 g/mol. The van der Waals surface area contributed by atoms with Crippen molar-refractivity contribution in [2.45, 2.75) is 39.7 Å². The molecule has 0 atom stereocenters. The maximum absolute atomic E-state index is 13.2. The number of ether oxygens (including phenoxy) is 2. The van der Waals surface area contributed by atoms with E-state index in [9.17, 15) is 9.59 Å². The molecule has 0 saturated heterocycles. The third-order valence-electron chi connectivity index (χ3n) is 4.40. The summed E-state index contributed by atoms with van der Waals surface area (Å²) in [5.74, 6) is 0.392. The number of benzene rings is 2. The Morgan fingerprint density at radius 1 is 1.27 bits per heavy atom. The molecule has 0 unspecified atom stereocenters. The lowest BCUT2D eigenvalue weighted by Gasteiger charge is -2.13. The SMILES string of the molecule is CCCc1nc2ccc(Br)cc2c(=O)n1N=Cc1cc(Cl)cc(Br)c1OCC(=O)OC(C)C. The molecule has 33 heavy (non-hydrogen) atoms. The largest absolute Gasteiger partial charge is 0.480 e. The minimum absolute atomic E-state index is 0.250. The van der Waals surface area contributed by atoms with E-state index in [1.165, 1.54) is 10.9 Å². The Bertz CT molecular complexity index is 1270. The van der Waals surface area contributed by atoms with Crippen LogP contribution in [0, 0.1) is 0 Å². The Labute approximate surface area is 213 Å². The first kappa shape index (κ1) is 25.4. The van der Waals surface area contributed by atoms with Crippen LogP contribution in [-0.2, 0) is 16.0 Å². The fourth-order valence-electron chi connectivity index (χ4n) is 3.08. The molecule has 174 valence electrons. The third kappa shape index (κ3) is 6.43. The molecule has 1 heterocycles. The maximum Gasteiger partial charge on any atom is 0.344 e. The molecule has 1 aromatic heterocycles. The van der Waals surface area contributed by atoms with Gasteiger partial charge in [0.2, 0.25) is 0 Å². The van der Waals surface area contributed by atoms with E-state index in [1.807, 2.05) is 13.0 Å². The Morgan fingerprint density at radius 3 is 2.73 bits per heavy atom. The van der Waals surface area contributed by atoms with Crippen molar-refractivity contribution in [1.29, 1.82) is 0 Å². The van der Waals surface area contributed by atoms with Gasteiger partial charge in [0.1, 0.15) is 11.6 Å². The molecule has 7 nitrogen and oxygen atoms in total. The summed E-state index contributed by atoms with van der Waals surface area (Å²) in [7, 11) is 0. The highest BCUT2D eigenvalue weighted by Crippen LogP contribution is 2.32. The fraction of sp³-hybridized carbons (Fsp3) is 0.304. The number of carbonyl (C=O) groups is 1. The highest BCUT2D eigenvalue weighted by molar-refractivity contribution is 9.10. The van der Waals surface area contributed by atoms with Gasteiger partial charge in [0, 0.05) is 21.5 Å². The van der Waals surface area contributed by atoms with Gasteiger partial charge < -0.3 is 9.47 Å². The number of esters is 1. The molecule has 0 saturated carbocycles. The number of nitrogens with zero attached hydrogens (tertiary/aromatic N) is 3. The van der Waals surface area contributed by atoms with Crippen LogP contribution in [0.5, 0.6) is 5.75 Å². The van der Waals surface area contributed by atoms with E-state index < -0.39 is 5.97 Å². The van der Waals surface area contributed by atoms with E-state index in [0.29, 0.717) is 44.0 Å². The van der Waals surface area contributed by atoms with Crippen LogP contribution in [0.15, 0.2) is 49.2 Å². The molecular weight excluding hydrogens is 578 g/mol. The summed E-state index contributed by atoms with van der Waals surface area (Å²) >= 11 is 13.0. The Morgan fingerprint density at radius 2 is 2.03 bits per heavy atom. The summed E-state index contributed by atoms with van der Waals surface area (Å²) in [6.07, 6.45) is 2.58. The van der Waals surface area contributed by atoms with Crippen LogP contribution in [-0.4, -0.2) is 34.6 Å². The van der Waals surface area contributed by atoms with Gasteiger partial charge in [-0.25, -0.2) is 9.78 Å². The number of halogens is 3. The normalized spacial score (nSPS) is 11.5. The Balaban J connectivity index is 2.04. The quantitative estimate of drug-likeness (QED) is 0.244. The smallest absolute Gasteiger partial charge is 0.344 e. The predicted octanol–water partition coefficient (Wildman–Crippen LogP) is 5.74. The molecule has 10 heteroatoms. The lowest BCUT2D eigenvalue weighted by molar-refractivity contribution is -0.149. The van der Waals surface area contributed by atoms with Crippen molar-refractivity contribution in [3.63, 3.8) is 0 Å². The molecule has 2 aromatic carbocycles. The molecule has 0 N–H and O–H groups in total. The molecule has 0 aliphatic heterocycles. The molecule has 0 radical (unpaired) electrons. The summed E-state index contributed by atoms with van der Waals surface area (Å²) in [6, 6.07) is 8.64. The summed E-state index contributed by atoms with van der Waals surface area (Å²) in [5, 5.41) is 5.30. The number of aromatic nitrogens is 2. The molecule has 0 aliphatic carbocycles. The molecule has 0 bridgehead atoms. The van der Waals surface area contributed by atoms with Crippen molar-refractivity contribution < 1.29 is 14.3 Å². The van der Waals surface area contributed by atoms with Crippen LogP contribution in [0.3, 0.4) is 0 Å². The average Bonchev–Trinajstić information content (AvgIpc) is 2.73. The fourth-order valence-corrected chi connectivity index (χ4v) is 4.39. The van der Waals surface area contributed by atoms with Crippen LogP contribution < -0.4 is 10.3 Å². The lowest BCUT2D eigenvalue weighted by atomic mass is 10.2. The first-order chi connectivity index (χ1) is 15.7. The third-order valence-corrected chi connectivity index (χ3v) is 5.70. The first-order valence-corrected chi connectivity index (χ1v) is 12.2. The predicted molar refractivity (Wildman–Crippen MR) is 137 cm³/mol. The van der Waals surface area contributed by atoms with Crippen LogP contribution in [0.2, 0.25) is 5.02 Å². The van der Waals surface area contributed by atoms with Gasteiger partial charge in [-0.15, -0.1) is 0 Å². The minimum atomic E-state index is -0.500. The molecule has 0 amide bonds. The van der Waals surface area contributed by atoms with E-state index >= 15 is 0 Å². The van der Waals surface area contributed by atoms with Gasteiger partial charge in [-0.3, -0.25) is 4.79 Å². The number of hydrogen-bond donors (Lipinski definition) is 0. The van der Waals surface area contributed by atoms with Crippen LogP contribution in [0.25, 0.3) is 10.9 Å². The zero-order chi connectivity index (χ0) is 24.1. The molecule has 0 aliphatic rings. The number of aryl methyl sites for hydroxylation is 1. The summed E-state index contributed by atoms with van der Waals surface area (Å²) in [4.78, 5) is 29.7. The van der Waals surface area contributed by atoms with Gasteiger partial charge in [-0.05, 0) is 66.5 Å². The van der Waals surface area contributed by atoms with Gasteiger partial charge in [0.05, 0.1) is 27.7 Å². The zero-order valence-corrected chi connectivity index (χ0v) is 22.2. The van der Waals surface area contributed by atoms with E-state index in [0.717, 1.165) is 10.9 Å². The van der Waals surface area contributed by atoms with Gasteiger partial charge in [-0.1, -0.05) is 34.5 Å². The number of hydrogen-bond acceptors (Lipinski definition) is 6. The lowest BCUT2D eigenvalue weighted by Crippen LogP contribution is -2.22. The first-order valence-electron chi connectivity index (χ1n) is 10.3. The van der Waals surface area contributed by atoms with Gasteiger partial charge in [0.25, 0.3) is 5.56 Å². The standard InChI is InChI=1S/C23H22Br2ClN3O4/c1-4-5-20-28-19-7-6-15(24)9-17(19)23(31)29(20)27-11-14-8-16(26)10-18(25)22(14)32-12-21(30)33-13(2)3/h6-11,13H,4-5,12H2,1-3H3. The van der Waals surface area contributed by atoms with E-state index in [4.69, 9.17) is 21.1 Å². The van der Waals surface area contributed by atoms with Gasteiger partial charge in [0.15, 0.2) is 6.61 Å². The molecular formula is C23H22Br2ClN3O4. The van der Waals surface area contributed by atoms with Crippen LogP contribution in [0.1, 0.15) is 38.6 Å². The van der Waals surface area contributed by atoms with Crippen molar-refractivity contribution in [2.24, 2.45) is 5.10 Å². The Hall–Kier alpha value is -2.23.